The molecule has 0 aromatic heterocycles. The molecule has 96 valence electrons. The number of nitrogen functional groups attached to an aromatic ring is 1. The molecule has 1 aromatic rings. The lowest BCUT2D eigenvalue weighted by atomic mass is 10.1. The van der Waals surface area contributed by atoms with Gasteiger partial charge in [0.25, 0.3) is 0 Å². The van der Waals surface area contributed by atoms with E-state index in [1.54, 1.807) is 0 Å². The lowest BCUT2D eigenvalue weighted by Gasteiger charge is -2.12. The number of aryl methyl sites for hydroxylation is 1. The molecule has 1 rings (SSSR count). The van der Waals surface area contributed by atoms with Gasteiger partial charge in [-0.15, -0.1) is 0 Å². The fourth-order valence-electron chi connectivity index (χ4n) is 1.64. The van der Waals surface area contributed by atoms with Crippen LogP contribution in [0.1, 0.15) is 25.8 Å². The standard InChI is InChI=1S/C14H23NO2/c1-3-16-11-12(2)17-9-5-7-13-6-4-8-14(15)10-13/h4,6,8,10,12H,3,5,7,9,11,15H2,1-2H3. The van der Waals surface area contributed by atoms with Gasteiger partial charge in [-0.3, -0.25) is 0 Å². The average Bonchev–Trinajstić information content (AvgIpc) is 2.32. The van der Waals surface area contributed by atoms with Crippen molar-refractivity contribution in [1.82, 2.24) is 0 Å². The summed E-state index contributed by atoms with van der Waals surface area (Å²) in [6.07, 6.45) is 2.20. The number of hydrogen-bond acceptors (Lipinski definition) is 3. The Hall–Kier alpha value is -1.06. The van der Waals surface area contributed by atoms with Crippen molar-refractivity contribution in [3.05, 3.63) is 29.8 Å². The maximum Gasteiger partial charge on any atom is 0.0780 e. The Balaban J connectivity index is 2.11. The van der Waals surface area contributed by atoms with Gasteiger partial charge >= 0.3 is 0 Å². The first kappa shape index (κ1) is 14.0. The van der Waals surface area contributed by atoms with Crippen LogP contribution < -0.4 is 5.73 Å². The van der Waals surface area contributed by atoms with Crippen molar-refractivity contribution < 1.29 is 9.47 Å². The van der Waals surface area contributed by atoms with E-state index in [-0.39, 0.29) is 6.10 Å². The number of benzene rings is 1. The number of anilines is 1. The normalized spacial score (nSPS) is 12.6. The molecule has 3 heteroatoms. The zero-order valence-electron chi connectivity index (χ0n) is 10.8. The van der Waals surface area contributed by atoms with E-state index in [0.29, 0.717) is 6.61 Å². The van der Waals surface area contributed by atoms with Gasteiger partial charge in [0, 0.05) is 18.9 Å². The van der Waals surface area contributed by atoms with Crippen molar-refractivity contribution in [1.29, 1.82) is 0 Å². The molecule has 0 spiro atoms. The van der Waals surface area contributed by atoms with Crippen LogP contribution in [0.3, 0.4) is 0 Å². The maximum atomic E-state index is 5.72. The van der Waals surface area contributed by atoms with Gasteiger partial charge in [-0.1, -0.05) is 12.1 Å². The van der Waals surface area contributed by atoms with E-state index >= 15 is 0 Å². The average molecular weight is 237 g/mol. The van der Waals surface area contributed by atoms with Gasteiger partial charge in [0.15, 0.2) is 0 Å². The molecule has 0 radical (unpaired) electrons. The molecule has 0 aliphatic carbocycles. The molecule has 0 bridgehead atoms. The Kier molecular flexibility index (Phi) is 6.67. The Labute approximate surface area is 104 Å². The molecular weight excluding hydrogens is 214 g/mol. The fourth-order valence-corrected chi connectivity index (χ4v) is 1.64. The number of ether oxygens (including phenoxy) is 2. The second-order valence-corrected chi connectivity index (χ2v) is 4.19. The summed E-state index contributed by atoms with van der Waals surface area (Å²) in [6, 6.07) is 8.01. The highest BCUT2D eigenvalue weighted by Gasteiger charge is 2.01. The lowest BCUT2D eigenvalue weighted by molar-refractivity contribution is -0.00396. The molecule has 1 unspecified atom stereocenters. The molecule has 0 aliphatic rings. The molecule has 1 aromatic carbocycles. The predicted molar refractivity (Wildman–Crippen MR) is 71.1 cm³/mol. The maximum absolute atomic E-state index is 5.72. The van der Waals surface area contributed by atoms with Crippen LogP contribution in [-0.2, 0) is 15.9 Å². The zero-order valence-corrected chi connectivity index (χ0v) is 10.8. The molecule has 0 amide bonds. The Morgan fingerprint density at radius 3 is 2.88 bits per heavy atom. The summed E-state index contributed by atoms with van der Waals surface area (Å²) in [5.74, 6) is 0. The summed E-state index contributed by atoms with van der Waals surface area (Å²) in [7, 11) is 0. The second kappa shape index (κ2) is 8.09. The molecule has 0 aliphatic heterocycles. The van der Waals surface area contributed by atoms with Gasteiger partial charge in [0.05, 0.1) is 12.7 Å². The smallest absolute Gasteiger partial charge is 0.0780 e. The van der Waals surface area contributed by atoms with Gasteiger partial charge in [-0.25, -0.2) is 0 Å². The van der Waals surface area contributed by atoms with Crippen molar-refractivity contribution in [3.8, 4) is 0 Å². The molecular formula is C14H23NO2. The Bertz CT molecular complexity index is 315. The van der Waals surface area contributed by atoms with Gasteiger partial charge in [-0.05, 0) is 44.4 Å². The van der Waals surface area contributed by atoms with E-state index in [1.165, 1.54) is 5.56 Å². The Morgan fingerprint density at radius 1 is 1.35 bits per heavy atom. The summed E-state index contributed by atoms with van der Waals surface area (Å²) in [4.78, 5) is 0. The highest BCUT2D eigenvalue weighted by atomic mass is 16.5. The number of rotatable bonds is 8. The molecule has 1 atom stereocenters. The van der Waals surface area contributed by atoms with E-state index < -0.39 is 0 Å². The summed E-state index contributed by atoms with van der Waals surface area (Å²) in [6.45, 7) is 6.22. The van der Waals surface area contributed by atoms with E-state index in [1.807, 2.05) is 32.0 Å². The van der Waals surface area contributed by atoms with Crippen LogP contribution in [0, 0.1) is 0 Å². The second-order valence-electron chi connectivity index (χ2n) is 4.19. The molecule has 0 saturated carbocycles. The lowest BCUT2D eigenvalue weighted by Crippen LogP contribution is -2.16. The first-order chi connectivity index (χ1) is 8.22. The minimum absolute atomic E-state index is 0.177. The van der Waals surface area contributed by atoms with Crippen LogP contribution in [-0.4, -0.2) is 25.9 Å². The van der Waals surface area contributed by atoms with Crippen LogP contribution in [0.5, 0.6) is 0 Å². The first-order valence-electron chi connectivity index (χ1n) is 6.26. The number of nitrogens with two attached hydrogens (primary N) is 1. The van der Waals surface area contributed by atoms with Crippen LogP contribution in [0.2, 0.25) is 0 Å². The summed E-state index contributed by atoms with van der Waals surface area (Å²) in [5, 5.41) is 0. The summed E-state index contributed by atoms with van der Waals surface area (Å²) in [5.41, 5.74) is 7.81. The minimum Gasteiger partial charge on any atom is -0.399 e. The van der Waals surface area contributed by atoms with Crippen molar-refractivity contribution in [2.24, 2.45) is 0 Å². The molecule has 0 fully saturated rings. The van der Waals surface area contributed by atoms with Gasteiger partial charge in [0.1, 0.15) is 0 Å². The van der Waals surface area contributed by atoms with Crippen LogP contribution >= 0.6 is 0 Å². The van der Waals surface area contributed by atoms with E-state index in [9.17, 15) is 0 Å². The van der Waals surface area contributed by atoms with Gasteiger partial charge < -0.3 is 15.2 Å². The van der Waals surface area contributed by atoms with Crippen molar-refractivity contribution >= 4 is 5.69 Å². The third-order valence-electron chi connectivity index (χ3n) is 2.52. The third kappa shape index (κ3) is 6.29. The Morgan fingerprint density at radius 2 is 2.18 bits per heavy atom. The highest BCUT2D eigenvalue weighted by molar-refractivity contribution is 5.40. The largest absolute Gasteiger partial charge is 0.399 e. The van der Waals surface area contributed by atoms with Gasteiger partial charge in [0.2, 0.25) is 0 Å². The molecule has 3 nitrogen and oxygen atoms in total. The summed E-state index contributed by atoms with van der Waals surface area (Å²) >= 11 is 0. The minimum atomic E-state index is 0.177. The first-order valence-corrected chi connectivity index (χ1v) is 6.26. The van der Waals surface area contributed by atoms with E-state index in [2.05, 4.69) is 6.07 Å². The highest BCUT2D eigenvalue weighted by Crippen LogP contribution is 2.09. The summed E-state index contributed by atoms with van der Waals surface area (Å²) < 4.78 is 10.9. The van der Waals surface area contributed by atoms with Gasteiger partial charge in [-0.2, -0.15) is 0 Å². The quantitative estimate of drug-likeness (QED) is 0.558. The molecule has 0 saturated heterocycles. The molecule has 2 N–H and O–H groups in total. The van der Waals surface area contributed by atoms with Crippen molar-refractivity contribution in [2.45, 2.75) is 32.8 Å². The van der Waals surface area contributed by atoms with Crippen molar-refractivity contribution in [2.75, 3.05) is 25.6 Å². The SMILES string of the molecule is CCOCC(C)OCCCc1cccc(N)c1. The zero-order chi connectivity index (χ0) is 12.5. The third-order valence-corrected chi connectivity index (χ3v) is 2.52. The van der Waals surface area contributed by atoms with E-state index in [0.717, 1.165) is 31.7 Å². The molecule has 0 heterocycles. The topological polar surface area (TPSA) is 44.5 Å². The van der Waals surface area contributed by atoms with Crippen LogP contribution in [0.25, 0.3) is 0 Å². The van der Waals surface area contributed by atoms with Crippen LogP contribution in [0.15, 0.2) is 24.3 Å². The van der Waals surface area contributed by atoms with Crippen LogP contribution in [0.4, 0.5) is 5.69 Å². The van der Waals surface area contributed by atoms with E-state index in [4.69, 9.17) is 15.2 Å². The molecule has 17 heavy (non-hydrogen) atoms. The fraction of sp³-hybridized carbons (Fsp3) is 0.571. The predicted octanol–water partition coefficient (Wildman–Crippen LogP) is 2.64. The van der Waals surface area contributed by atoms with Crippen molar-refractivity contribution in [3.63, 3.8) is 0 Å². The number of hydrogen-bond donors (Lipinski definition) is 1. The monoisotopic (exact) mass is 237 g/mol.